The highest BCUT2D eigenvalue weighted by Crippen LogP contribution is 2.03. The van der Waals surface area contributed by atoms with Crippen molar-refractivity contribution in [3.63, 3.8) is 0 Å². The predicted octanol–water partition coefficient (Wildman–Crippen LogP) is 0.539. The minimum Gasteiger partial charge on any atom is -0.378 e. The van der Waals surface area contributed by atoms with E-state index in [9.17, 15) is 4.79 Å². The fourth-order valence-corrected chi connectivity index (χ4v) is 1.29. The Morgan fingerprint density at radius 2 is 2.15 bits per heavy atom. The van der Waals surface area contributed by atoms with Crippen molar-refractivity contribution < 1.29 is 9.53 Å². The summed E-state index contributed by atoms with van der Waals surface area (Å²) in [5.74, 6) is 0.151. The Morgan fingerprint density at radius 1 is 1.46 bits per heavy atom. The molecule has 0 spiro atoms. The number of hydrogen-bond acceptors (Lipinski definition) is 3. The Balaban J connectivity index is 2.18. The molecular weight excluding hydrogens is 168 g/mol. The lowest BCUT2D eigenvalue weighted by molar-refractivity contribution is -0.135. The van der Waals surface area contributed by atoms with E-state index in [1.54, 1.807) is 4.90 Å². The zero-order chi connectivity index (χ0) is 9.52. The van der Waals surface area contributed by atoms with E-state index in [2.05, 4.69) is 0 Å². The number of unbranched alkanes of at least 4 members (excludes halogenated alkanes) is 1. The smallest absolute Gasteiger partial charge is 0.222 e. The molecule has 0 bridgehead atoms. The molecule has 1 fully saturated rings. The molecule has 4 heteroatoms. The van der Waals surface area contributed by atoms with Crippen LogP contribution in [0.5, 0.6) is 0 Å². The van der Waals surface area contributed by atoms with E-state index in [1.807, 2.05) is 6.07 Å². The van der Waals surface area contributed by atoms with Crippen LogP contribution in [0.3, 0.4) is 0 Å². The number of carbonyl (C=O) groups excluding carboxylic acids is 1. The van der Waals surface area contributed by atoms with E-state index in [0.717, 1.165) is 0 Å². The highest BCUT2D eigenvalue weighted by Gasteiger charge is 2.15. The van der Waals surface area contributed by atoms with Crippen molar-refractivity contribution in [2.24, 2.45) is 0 Å². The maximum atomic E-state index is 11.4. The first-order valence-electron chi connectivity index (χ1n) is 4.57. The van der Waals surface area contributed by atoms with Crippen LogP contribution >= 0.6 is 0 Å². The first-order chi connectivity index (χ1) is 6.34. The van der Waals surface area contributed by atoms with Crippen molar-refractivity contribution in [3.05, 3.63) is 0 Å². The Kier molecular flexibility index (Phi) is 4.27. The maximum absolute atomic E-state index is 11.4. The molecule has 1 amide bonds. The second-order valence-electron chi connectivity index (χ2n) is 3.00. The van der Waals surface area contributed by atoms with Crippen LogP contribution < -0.4 is 0 Å². The van der Waals surface area contributed by atoms with E-state index in [0.29, 0.717) is 45.6 Å². The molecule has 0 aromatic carbocycles. The number of nitriles is 1. The van der Waals surface area contributed by atoms with Crippen LogP contribution in [0.1, 0.15) is 19.3 Å². The molecule has 0 atom stereocenters. The van der Waals surface area contributed by atoms with Crippen molar-refractivity contribution >= 4 is 5.91 Å². The number of hydrogen-bond donors (Lipinski definition) is 0. The molecule has 4 nitrogen and oxygen atoms in total. The molecule has 72 valence electrons. The van der Waals surface area contributed by atoms with Gasteiger partial charge in [-0.3, -0.25) is 4.79 Å². The summed E-state index contributed by atoms with van der Waals surface area (Å²) >= 11 is 0. The molecule has 0 radical (unpaired) electrons. The first kappa shape index (κ1) is 10.0. The lowest BCUT2D eigenvalue weighted by atomic mass is 10.2. The Bertz CT molecular complexity index is 204. The first-order valence-corrected chi connectivity index (χ1v) is 4.57. The van der Waals surface area contributed by atoms with Crippen LogP contribution in [0.2, 0.25) is 0 Å². The summed E-state index contributed by atoms with van der Waals surface area (Å²) in [7, 11) is 0. The number of ether oxygens (including phenoxy) is 1. The van der Waals surface area contributed by atoms with E-state index >= 15 is 0 Å². The van der Waals surface area contributed by atoms with Gasteiger partial charge in [-0.25, -0.2) is 0 Å². The summed E-state index contributed by atoms with van der Waals surface area (Å²) in [6, 6.07) is 2.03. The third-order valence-electron chi connectivity index (χ3n) is 2.04. The molecule has 0 aliphatic carbocycles. The second-order valence-corrected chi connectivity index (χ2v) is 3.00. The molecule has 0 aromatic heterocycles. The van der Waals surface area contributed by atoms with E-state index in [4.69, 9.17) is 10.00 Å². The number of amides is 1. The Morgan fingerprint density at radius 3 is 2.77 bits per heavy atom. The van der Waals surface area contributed by atoms with Crippen LogP contribution in [0.25, 0.3) is 0 Å². The molecule has 1 saturated heterocycles. The minimum atomic E-state index is 0.151. The minimum absolute atomic E-state index is 0.151. The summed E-state index contributed by atoms with van der Waals surface area (Å²) in [5, 5.41) is 8.29. The molecular formula is C9H14N2O2. The van der Waals surface area contributed by atoms with Crippen LogP contribution in [-0.2, 0) is 9.53 Å². The van der Waals surface area contributed by atoms with Crippen molar-refractivity contribution in [2.75, 3.05) is 26.3 Å². The molecule has 1 heterocycles. The topological polar surface area (TPSA) is 53.3 Å². The lowest BCUT2D eigenvalue weighted by Crippen LogP contribution is -2.40. The van der Waals surface area contributed by atoms with Gasteiger partial charge in [-0.1, -0.05) is 0 Å². The third kappa shape index (κ3) is 3.43. The van der Waals surface area contributed by atoms with Crippen LogP contribution in [0.15, 0.2) is 0 Å². The molecule has 1 aliphatic heterocycles. The van der Waals surface area contributed by atoms with Gasteiger partial charge in [0, 0.05) is 25.9 Å². The molecule has 0 N–H and O–H groups in total. The average Bonchev–Trinajstić information content (AvgIpc) is 2.19. The number of morpholine rings is 1. The summed E-state index contributed by atoms with van der Waals surface area (Å²) in [6.07, 6.45) is 1.64. The maximum Gasteiger partial charge on any atom is 0.222 e. The van der Waals surface area contributed by atoms with Gasteiger partial charge < -0.3 is 9.64 Å². The van der Waals surface area contributed by atoms with Gasteiger partial charge in [0.05, 0.1) is 19.3 Å². The fraction of sp³-hybridized carbons (Fsp3) is 0.778. The van der Waals surface area contributed by atoms with Gasteiger partial charge in [0.2, 0.25) is 5.91 Å². The number of rotatable bonds is 3. The van der Waals surface area contributed by atoms with Gasteiger partial charge in [0.1, 0.15) is 0 Å². The van der Waals surface area contributed by atoms with Gasteiger partial charge in [-0.2, -0.15) is 5.26 Å². The van der Waals surface area contributed by atoms with Crippen LogP contribution in [0.4, 0.5) is 0 Å². The normalized spacial score (nSPS) is 16.7. The zero-order valence-corrected chi connectivity index (χ0v) is 7.66. The number of nitrogens with zero attached hydrogens (tertiary/aromatic N) is 2. The van der Waals surface area contributed by atoms with E-state index < -0.39 is 0 Å². The highest BCUT2D eigenvalue weighted by atomic mass is 16.5. The molecule has 1 rings (SSSR count). The second kappa shape index (κ2) is 5.55. The zero-order valence-electron chi connectivity index (χ0n) is 7.66. The summed E-state index contributed by atoms with van der Waals surface area (Å²) in [6.45, 7) is 2.69. The predicted molar refractivity (Wildman–Crippen MR) is 46.9 cm³/mol. The van der Waals surface area contributed by atoms with Gasteiger partial charge in [-0.05, 0) is 6.42 Å². The van der Waals surface area contributed by atoms with E-state index in [1.165, 1.54) is 0 Å². The van der Waals surface area contributed by atoms with Crippen molar-refractivity contribution in [1.82, 2.24) is 4.90 Å². The number of carbonyl (C=O) groups is 1. The summed E-state index contributed by atoms with van der Waals surface area (Å²) in [5.41, 5.74) is 0. The Hall–Kier alpha value is -1.08. The highest BCUT2D eigenvalue weighted by molar-refractivity contribution is 5.76. The quantitative estimate of drug-likeness (QED) is 0.598. The van der Waals surface area contributed by atoms with Gasteiger partial charge in [-0.15, -0.1) is 0 Å². The molecule has 1 aliphatic rings. The SMILES string of the molecule is N#CCCCC(=O)N1CCOCC1. The standard InChI is InChI=1S/C9H14N2O2/c10-4-2-1-3-9(12)11-5-7-13-8-6-11/h1-3,5-8H2. The molecule has 0 unspecified atom stereocenters. The van der Waals surface area contributed by atoms with Gasteiger partial charge >= 0.3 is 0 Å². The summed E-state index contributed by atoms with van der Waals surface area (Å²) < 4.78 is 5.13. The Labute approximate surface area is 78.1 Å². The van der Waals surface area contributed by atoms with E-state index in [-0.39, 0.29) is 5.91 Å². The lowest BCUT2D eigenvalue weighted by Gasteiger charge is -2.26. The fourth-order valence-electron chi connectivity index (χ4n) is 1.29. The van der Waals surface area contributed by atoms with Crippen LogP contribution in [0, 0.1) is 11.3 Å². The van der Waals surface area contributed by atoms with Crippen molar-refractivity contribution in [1.29, 1.82) is 5.26 Å². The monoisotopic (exact) mass is 182 g/mol. The van der Waals surface area contributed by atoms with Gasteiger partial charge in [0.15, 0.2) is 0 Å². The third-order valence-corrected chi connectivity index (χ3v) is 2.04. The average molecular weight is 182 g/mol. The molecule has 13 heavy (non-hydrogen) atoms. The van der Waals surface area contributed by atoms with Crippen molar-refractivity contribution in [2.45, 2.75) is 19.3 Å². The summed E-state index contributed by atoms with van der Waals surface area (Å²) in [4.78, 5) is 13.2. The largest absolute Gasteiger partial charge is 0.378 e. The van der Waals surface area contributed by atoms with Gasteiger partial charge in [0.25, 0.3) is 0 Å². The molecule has 0 aromatic rings. The molecule has 0 saturated carbocycles. The van der Waals surface area contributed by atoms with Crippen LogP contribution in [-0.4, -0.2) is 37.1 Å². The van der Waals surface area contributed by atoms with Crippen molar-refractivity contribution in [3.8, 4) is 6.07 Å².